The van der Waals surface area contributed by atoms with E-state index >= 15 is 0 Å². The maximum absolute atomic E-state index is 13.3. The fourth-order valence-electron chi connectivity index (χ4n) is 4.14. The molecule has 3 aliphatic heterocycles. The van der Waals surface area contributed by atoms with Crippen LogP contribution in [0.5, 0.6) is 5.75 Å². The summed E-state index contributed by atoms with van der Waals surface area (Å²) in [5.41, 5.74) is 1.57. The fourth-order valence-corrected chi connectivity index (χ4v) is 6.20. The highest BCUT2D eigenvalue weighted by Gasteiger charge is 2.52. The molecule has 0 radical (unpaired) electrons. The number of anilines is 1. The van der Waals surface area contributed by atoms with Gasteiger partial charge in [-0.15, -0.1) is 15.3 Å². The molecule has 0 aliphatic carbocycles. The molecule has 0 saturated carbocycles. The van der Waals surface area contributed by atoms with E-state index in [1.807, 2.05) is 25.1 Å². The van der Waals surface area contributed by atoms with E-state index in [0.717, 1.165) is 17.8 Å². The van der Waals surface area contributed by atoms with Crippen LogP contribution in [-0.2, 0) is 10.0 Å². The minimum atomic E-state index is -3.62. The molecule has 2 aromatic heterocycles. The van der Waals surface area contributed by atoms with E-state index in [9.17, 15) is 8.42 Å². The Morgan fingerprint density at radius 2 is 1.93 bits per heavy atom. The molecule has 0 amide bonds. The number of piperidine rings is 1. The Morgan fingerprint density at radius 3 is 2.68 bits per heavy atom. The zero-order valence-electron chi connectivity index (χ0n) is 15.6. The van der Waals surface area contributed by atoms with E-state index in [1.165, 1.54) is 7.11 Å². The standard InChI is InChI=1S/C18H20N6O3S/c1-12-3-4-15(27-2)16(7-12)28(25,26)24-13-8-14(24)10-22(9-13)18-6-5-17-20-19-11-23(17)21-18/h3-7,11,13-14H,8-10H2,1-2H3. The average Bonchev–Trinajstić information content (AvgIpc) is 3.15. The Hall–Kier alpha value is -2.72. The molecule has 10 heteroatoms. The summed E-state index contributed by atoms with van der Waals surface area (Å²) in [6, 6.07) is 8.85. The minimum absolute atomic E-state index is 0.0765. The van der Waals surface area contributed by atoms with Crippen molar-refractivity contribution in [3.8, 4) is 5.75 Å². The van der Waals surface area contributed by atoms with Crippen molar-refractivity contribution in [3.05, 3.63) is 42.2 Å². The van der Waals surface area contributed by atoms with Crippen molar-refractivity contribution in [1.82, 2.24) is 24.1 Å². The van der Waals surface area contributed by atoms with Crippen LogP contribution in [0.2, 0.25) is 0 Å². The molecule has 3 fully saturated rings. The van der Waals surface area contributed by atoms with E-state index < -0.39 is 10.0 Å². The molecular formula is C18H20N6O3S. The maximum atomic E-state index is 13.3. The summed E-state index contributed by atoms with van der Waals surface area (Å²) in [4.78, 5) is 2.36. The molecule has 0 spiro atoms. The van der Waals surface area contributed by atoms with Crippen LogP contribution >= 0.6 is 0 Å². The number of hydrogen-bond acceptors (Lipinski definition) is 7. The quantitative estimate of drug-likeness (QED) is 0.647. The molecule has 5 heterocycles. The van der Waals surface area contributed by atoms with Crippen molar-refractivity contribution in [2.45, 2.75) is 30.3 Å². The van der Waals surface area contributed by atoms with Gasteiger partial charge in [0.05, 0.1) is 7.11 Å². The number of sulfonamides is 1. The highest BCUT2D eigenvalue weighted by molar-refractivity contribution is 7.89. The van der Waals surface area contributed by atoms with Crippen LogP contribution in [0.1, 0.15) is 12.0 Å². The molecule has 3 saturated heterocycles. The Balaban J connectivity index is 1.42. The van der Waals surface area contributed by atoms with Crippen LogP contribution in [0.15, 0.2) is 41.6 Å². The van der Waals surface area contributed by atoms with Crippen LogP contribution in [-0.4, -0.2) is 64.8 Å². The van der Waals surface area contributed by atoms with Gasteiger partial charge in [0.15, 0.2) is 5.65 Å². The van der Waals surface area contributed by atoms with Gasteiger partial charge in [-0.3, -0.25) is 0 Å². The van der Waals surface area contributed by atoms with Gasteiger partial charge in [-0.2, -0.15) is 8.82 Å². The number of piperazine rings is 1. The summed E-state index contributed by atoms with van der Waals surface area (Å²) in [6.07, 6.45) is 2.42. The van der Waals surface area contributed by atoms with Gasteiger partial charge in [0.1, 0.15) is 22.8 Å². The van der Waals surface area contributed by atoms with Gasteiger partial charge in [0, 0.05) is 25.2 Å². The first-order chi connectivity index (χ1) is 13.5. The van der Waals surface area contributed by atoms with Gasteiger partial charge in [0.25, 0.3) is 0 Å². The van der Waals surface area contributed by atoms with Gasteiger partial charge >= 0.3 is 0 Å². The van der Waals surface area contributed by atoms with Crippen LogP contribution < -0.4 is 9.64 Å². The molecular weight excluding hydrogens is 380 g/mol. The number of fused-ring (bicyclic) bond motifs is 3. The monoisotopic (exact) mass is 400 g/mol. The predicted molar refractivity (Wildman–Crippen MR) is 102 cm³/mol. The van der Waals surface area contributed by atoms with Crippen LogP contribution in [0.3, 0.4) is 0 Å². The molecule has 1 aromatic carbocycles. The first kappa shape index (κ1) is 17.4. The Morgan fingerprint density at radius 1 is 1.14 bits per heavy atom. The summed E-state index contributed by atoms with van der Waals surface area (Å²) in [5.74, 6) is 1.18. The van der Waals surface area contributed by atoms with E-state index in [-0.39, 0.29) is 17.0 Å². The summed E-state index contributed by atoms with van der Waals surface area (Å²) >= 11 is 0. The van der Waals surface area contributed by atoms with Crippen LogP contribution in [0.4, 0.5) is 5.82 Å². The van der Waals surface area contributed by atoms with Gasteiger partial charge in [-0.05, 0) is 43.2 Å². The van der Waals surface area contributed by atoms with E-state index in [2.05, 4.69) is 20.2 Å². The number of nitrogens with zero attached hydrogens (tertiary/aromatic N) is 6. The Labute approximate surface area is 162 Å². The minimum Gasteiger partial charge on any atom is -0.495 e. The largest absolute Gasteiger partial charge is 0.495 e. The maximum Gasteiger partial charge on any atom is 0.247 e. The molecule has 6 rings (SSSR count). The summed E-state index contributed by atoms with van der Waals surface area (Å²) in [7, 11) is -2.13. The third-order valence-electron chi connectivity index (χ3n) is 5.47. The second-order valence-electron chi connectivity index (χ2n) is 7.26. The van der Waals surface area contributed by atoms with E-state index in [0.29, 0.717) is 24.5 Å². The van der Waals surface area contributed by atoms with Gasteiger partial charge in [0.2, 0.25) is 10.0 Å². The SMILES string of the molecule is COc1ccc(C)cc1S(=O)(=O)N1C2CC1CN(c1ccc3nncn3n1)C2. The number of hydrogen-bond donors (Lipinski definition) is 0. The summed E-state index contributed by atoms with van der Waals surface area (Å²) in [6.45, 7) is 3.08. The zero-order chi connectivity index (χ0) is 19.5. The first-order valence-electron chi connectivity index (χ1n) is 9.07. The zero-order valence-corrected chi connectivity index (χ0v) is 16.4. The highest BCUT2D eigenvalue weighted by Crippen LogP contribution is 2.40. The van der Waals surface area contributed by atoms with Crippen molar-refractivity contribution in [2.75, 3.05) is 25.1 Å². The van der Waals surface area contributed by atoms with Crippen LogP contribution in [0.25, 0.3) is 5.65 Å². The lowest BCUT2D eigenvalue weighted by Crippen LogP contribution is -2.70. The lowest BCUT2D eigenvalue weighted by molar-refractivity contribution is 0.0871. The second kappa shape index (κ2) is 6.14. The lowest BCUT2D eigenvalue weighted by Gasteiger charge is -2.55. The van der Waals surface area contributed by atoms with E-state index in [1.54, 1.807) is 27.3 Å². The number of rotatable bonds is 4. The molecule has 2 atom stereocenters. The smallest absolute Gasteiger partial charge is 0.247 e. The molecule has 2 bridgehead atoms. The molecule has 3 aliphatic rings. The van der Waals surface area contributed by atoms with Crippen LogP contribution in [0, 0.1) is 6.92 Å². The van der Waals surface area contributed by atoms with Crippen molar-refractivity contribution >= 4 is 21.5 Å². The molecule has 28 heavy (non-hydrogen) atoms. The number of aryl methyl sites for hydroxylation is 1. The van der Waals surface area contributed by atoms with E-state index in [4.69, 9.17) is 4.74 Å². The number of methoxy groups -OCH3 is 1. The third kappa shape index (κ3) is 2.55. The Bertz CT molecular complexity index is 1150. The first-order valence-corrected chi connectivity index (χ1v) is 10.5. The lowest BCUT2D eigenvalue weighted by atomic mass is 9.91. The summed E-state index contributed by atoms with van der Waals surface area (Å²) in [5, 5.41) is 12.3. The topological polar surface area (TPSA) is 92.9 Å². The highest BCUT2D eigenvalue weighted by atomic mass is 32.2. The van der Waals surface area contributed by atoms with Crippen molar-refractivity contribution < 1.29 is 13.2 Å². The van der Waals surface area contributed by atoms with Crippen molar-refractivity contribution in [3.63, 3.8) is 0 Å². The molecule has 9 nitrogen and oxygen atoms in total. The number of benzene rings is 1. The fraction of sp³-hybridized carbons (Fsp3) is 0.389. The van der Waals surface area contributed by atoms with Crippen molar-refractivity contribution in [2.24, 2.45) is 0 Å². The number of aromatic nitrogens is 4. The summed E-state index contributed by atoms with van der Waals surface area (Å²) < 4.78 is 35.2. The molecule has 3 aromatic rings. The predicted octanol–water partition coefficient (Wildman–Crippen LogP) is 1.09. The van der Waals surface area contributed by atoms with Gasteiger partial charge < -0.3 is 9.64 Å². The normalized spacial score (nSPS) is 22.3. The second-order valence-corrected chi connectivity index (χ2v) is 9.07. The Kier molecular flexibility index (Phi) is 3.81. The van der Waals surface area contributed by atoms with Crippen molar-refractivity contribution in [1.29, 1.82) is 0 Å². The number of ether oxygens (including phenoxy) is 1. The van der Waals surface area contributed by atoms with Gasteiger partial charge in [-0.25, -0.2) is 8.42 Å². The average molecular weight is 400 g/mol. The molecule has 2 unspecified atom stereocenters. The molecule has 0 N–H and O–H groups in total. The molecule has 146 valence electrons. The third-order valence-corrected chi connectivity index (χ3v) is 7.50. The van der Waals surface area contributed by atoms with Gasteiger partial charge in [-0.1, -0.05) is 6.07 Å².